The maximum atomic E-state index is 13.4. The first-order valence-electron chi connectivity index (χ1n) is 5.67. The predicted octanol–water partition coefficient (Wildman–Crippen LogP) is 4.04. The van der Waals surface area contributed by atoms with E-state index in [1.165, 1.54) is 25.6 Å². The fourth-order valence-electron chi connectivity index (χ4n) is 2.01. The summed E-state index contributed by atoms with van der Waals surface area (Å²) in [6.07, 6.45) is 1.35. The topological polar surface area (TPSA) is 55.7 Å². The van der Waals surface area contributed by atoms with Crippen LogP contribution in [0.2, 0.25) is 5.02 Å². The Bertz CT molecular complexity index is 887. The number of hydrogen-bond donors (Lipinski definition) is 1. The monoisotopic (exact) mass is 388 g/mol. The minimum absolute atomic E-state index is 0.205. The zero-order chi connectivity index (χ0) is 15.1. The summed E-state index contributed by atoms with van der Waals surface area (Å²) in [5.41, 5.74) is 1.52. The van der Waals surface area contributed by atoms with Crippen molar-refractivity contribution in [1.82, 2.24) is 19.5 Å². The Morgan fingerprint density at radius 2 is 2.19 bits per heavy atom. The Hall–Kier alpha value is -1.51. The van der Waals surface area contributed by atoms with Gasteiger partial charge in [-0.3, -0.25) is 4.57 Å². The first-order valence-corrected chi connectivity index (χ1v) is 7.25. The van der Waals surface area contributed by atoms with E-state index < -0.39 is 5.82 Å². The lowest BCUT2D eigenvalue weighted by Gasteiger charge is -2.09. The number of hydrogen-bond acceptors (Lipinski definition) is 4. The molecule has 5 nitrogen and oxygen atoms in total. The van der Waals surface area contributed by atoms with Crippen LogP contribution in [0.3, 0.4) is 0 Å². The lowest BCUT2D eigenvalue weighted by atomic mass is 10.3. The molecule has 0 aliphatic rings. The van der Waals surface area contributed by atoms with Crippen molar-refractivity contribution < 1.29 is 9.13 Å². The van der Waals surface area contributed by atoms with Gasteiger partial charge in [0.2, 0.25) is 5.88 Å². The molecule has 1 N–H and O–H groups in total. The molecule has 2 aromatic heterocycles. The van der Waals surface area contributed by atoms with E-state index in [4.69, 9.17) is 28.6 Å². The number of aromatic amines is 1. The summed E-state index contributed by atoms with van der Waals surface area (Å²) >= 11 is 14.7. The van der Waals surface area contributed by atoms with Crippen molar-refractivity contribution in [3.8, 4) is 11.6 Å². The van der Waals surface area contributed by atoms with E-state index in [1.807, 2.05) is 0 Å². The molecule has 108 valence electrons. The predicted molar refractivity (Wildman–Crippen MR) is 83.3 cm³/mol. The van der Waals surface area contributed by atoms with Gasteiger partial charge in [-0.1, -0.05) is 11.6 Å². The lowest BCUT2D eigenvalue weighted by molar-refractivity contribution is 0.401. The van der Waals surface area contributed by atoms with Crippen LogP contribution in [0.1, 0.15) is 0 Å². The number of ether oxygens (including phenoxy) is 1. The summed E-state index contributed by atoms with van der Waals surface area (Å²) in [6.45, 7) is 0. The second-order valence-electron chi connectivity index (χ2n) is 4.07. The zero-order valence-corrected chi connectivity index (χ0v) is 13.7. The summed E-state index contributed by atoms with van der Waals surface area (Å²) in [6, 6.07) is 2.51. The van der Waals surface area contributed by atoms with Crippen molar-refractivity contribution in [3.63, 3.8) is 0 Å². The van der Waals surface area contributed by atoms with Gasteiger partial charge in [0.05, 0.1) is 17.8 Å². The van der Waals surface area contributed by atoms with Crippen LogP contribution in [0.15, 0.2) is 22.9 Å². The fraction of sp³-hybridized carbons (Fsp3) is 0.0833. The number of imidazole rings is 1. The van der Waals surface area contributed by atoms with Gasteiger partial charge in [0.25, 0.3) is 0 Å². The van der Waals surface area contributed by atoms with Gasteiger partial charge in [-0.25, -0.2) is 9.37 Å². The summed E-state index contributed by atoms with van der Waals surface area (Å²) in [4.78, 5) is 11.2. The van der Waals surface area contributed by atoms with E-state index in [9.17, 15) is 4.39 Å². The Morgan fingerprint density at radius 1 is 1.43 bits per heavy atom. The maximum absolute atomic E-state index is 13.4. The molecule has 0 fully saturated rings. The normalized spacial score (nSPS) is 11.0. The molecule has 0 aliphatic carbocycles. The van der Waals surface area contributed by atoms with Crippen LogP contribution in [-0.4, -0.2) is 26.6 Å². The smallest absolute Gasteiger partial charge is 0.242 e. The molecule has 0 saturated heterocycles. The van der Waals surface area contributed by atoms with Crippen LogP contribution >= 0.6 is 39.7 Å². The molecule has 0 amide bonds. The van der Waals surface area contributed by atoms with Crippen LogP contribution in [0.4, 0.5) is 4.39 Å². The first kappa shape index (κ1) is 14.4. The largest absolute Gasteiger partial charge is 0.479 e. The van der Waals surface area contributed by atoms with Crippen LogP contribution in [0.25, 0.3) is 16.9 Å². The van der Waals surface area contributed by atoms with Crippen molar-refractivity contribution in [2.45, 2.75) is 0 Å². The van der Waals surface area contributed by atoms with E-state index in [2.05, 4.69) is 30.9 Å². The summed E-state index contributed by atoms with van der Waals surface area (Å²) in [5, 5.41) is 0.205. The Morgan fingerprint density at radius 3 is 2.86 bits per heavy atom. The van der Waals surface area contributed by atoms with Gasteiger partial charge in [-0.15, -0.1) is 0 Å². The third kappa shape index (κ3) is 2.33. The van der Waals surface area contributed by atoms with Crippen molar-refractivity contribution >= 4 is 50.9 Å². The van der Waals surface area contributed by atoms with Gasteiger partial charge >= 0.3 is 0 Å². The van der Waals surface area contributed by atoms with Crippen molar-refractivity contribution in [1.29, 1.82) is 0 Å². The highest BCUT2D eigenvalue weighted by Crippen LogP contribution is 2.33. The zero-order valence-electron chi connectivity index (χ0n) is 10.5. The third-order valence-corrected chi connectivity index (χ3v) is 4.02. The van der Waals surface area contributed by atoms with Gasteiger partial charge in [0.1, 0.15) is 17.7 Å². The molecule has 1 aromatic carbocycles. The summed E-state index contributed by atoms with van der Waals surface area (Å²) in [7, 11) is 1.50. The molecule has 0 spiro atoms. The Balaban J connectivity index is 2.42. The molecule has 0 aliphatic heterocycles. The highest BCUT2D eigenvalue weighted by atomic mass is 79.9. The number of methoxy groups -OCH3 is 1. The molecule has 9 heteroatoms. The molecule has 0 bridgehead atoms. The van der Waals surface area contributed by atoms with Gasteiger partial charge in [0, 0.05) is 4.47 Å². The molecule has 0 unspecified atom stereocenters. The first-order chi connectivity index (χ1) is 10.0. The highest BCUT2D eigenvalue weighted by Gasteiger charge is 2.17. The minimum atomic E-state index is -0.450. The number of benzene rings is 1. The molecule has 21 heavy (non-hydrogen) atoms. The number of aromatic nitrogens is 4. The Labute approximate surface area is 136 Å². The molecule has 3 rings (SSSR count). The van der Waals surface area contributed by atoms with Crippen molar-refractivity contribution in [2.24, 2.45) is 0 Å². The quantitative estimate of drug-likeness (QED) is 0.672. The molecule has 2 heterocycles. The van der Waals surface area contributed by atoms with Crippen molar-refractivity contribution in [2.75, 3.05) is 7.11 Å². The molecule has 0 saturated carbocycles. The van der Waals surface area contributed by atoms with E-state index in [0.717, 1.165) is 0 Å². The number of nitrogens with one attached hydrogen (secondary N) is 1. The minimum Gasteiger partial charge on any atom is -0.479 e. The van der Waals surface area contributed by atoms with Crippen LogP contribution < -0.4 is 4.74 Å². The van der Waals surface area contributed by atoms with E-state index in [-0.39, 0.29) is 5.02 Å². The van der Waals surface area contributed by atoms with E-state index in [0.29, 0.717) is 32.0 Å². The number of fused-ring (bicyclic) bond motifs is 1. The number of nitrogens with zero attached hydrogens (tertiary/aromatic N) is 3. The van der Waals surface area contributed by atoms with E-state index in [1.54, 1.807) is 4.57 Å². The molecule has 0 atom stereocenters. The lowest BCUT2D eigenvalue weighted by Crippen LogP contribution is -1.99. The van der Waals surface area contributed by atoms with Crippen molar-refractivity contribution in [3.05, 3.63) is 38.5 Å². The van der Waals surface area contributed by atoms with Crippen LogP contribution in [-0.2, 0) is 0 Å². The second kappa shape index (κ2) is 5.36. The molecular formula is C12H7BrClFN4OS. The maximum Gasteiger partial charge on any atom is 0.242 e. The molecule has 3 aromatic rings. The standard InChI is InChI=1S/C12H7BrClFN4OS/c1-20-11-8-10(16-4-17-11)19(12(21)18-8)9-6(13)2-5(15)3-7(9)14/h2-4H,1H3,(H,18,21). The summed E-state index contributed by atoms with van der Waals surface area (Å²) in [5.74, 6) is -0.0894. The number of H-pyrrole nitrogens is 1. The van der Waals surface area contributed by atoms with Gasteiger partial charge in [-0.05, 0) is 40.3 Å². The number of halogens is 3. The average Bonchev–Trinajstić information content (AvgIpc) is 2.74. The second-order valence-corrected chi connectivity index (χ2v) is 5.71. The molecule has 0 radical (unpaired) electrons. The number of rotatable bonds is 2. The van der Waals surface area contributed by atoms with E-state index >= 15 is 0 Å². The van der Waals surface area contributed by atoms with Gasteiger partial charge < -0.3 is 9.72 Å². The molecular weight excluding hydrogens is 383 g/mol. The van der Waals surface area contributed by atoms with Crippen LogP contribution in [0.5, 0.6) is 5.88 Å². The highest BCUT2D eigenvalue weighted by molar-refractivity contribution is 9.10. The third-order valence-electron chi connectivity index (χ3n) is 2.84. The van der Waals surface area contributed by atoms with Crippen LogP contribution in [0, 0.1) is 10.6 Å². The SMILES string of the molecule is COc1ncnc2c1[nH]c(=S)n2-c1c(Cl)cc(F)cc1Br. The Kier molecular flexibility index (Phi) is 3.68. The fourth-order valence-corrected chi connectivity index (χ4v) is 3.30. The average molecular weight is 390 g/mol. The van der Waals surface area contributed by atoms with Gasteiger partial charge in [-0.2, -0.15) is 4.98 Å². The van der Waals surface area contributed by atoms with Gasteiger partial charge in [0.15, 0.2) is 10.4 Å². The summed E-state index contributed by atoms with van der Waals surface area (Å²) < 4.78 is 20.9.